The summed E-state index contributed by atoms with van der Waals surface area (Å²) >= 11 is 0. The van der Waals surface area contributed by atoms with Crippen LogP contribution in [0.3, 0.4) is 0 Å². The molecule has 0 aromatic carbocycles. The van der Waals surface area contributed by atoms with Crippen molar-refractivity contribution in [2.75, 3.05) is 19.7 Å². The van der Waals surface area contributed by atoms with E-state index in [9.17, 15) is 4.79 Å². The van der Waals surface area contributed by atoms with Crippen LogP contribution in [0.15, 0.2) is 0 Å². The first-order valence-corrected chi connectivity index (χ1v) is 6.61. The monoisotopic (exact) mass is 244 g/mol. The van der Waals surface area contributed by atoms with Gasteiger partial charge >= 0.3 is 6.09 Å². The van der Waals surface area contributed by atoms with Gasteiger partial charge in [-0.05, 0) is 25.7 Å². The van der Waals surface area contributed by atoms with Gasteiger partial charge in [-0.3, -0.25) is 0 Å². The van der Waals surface area contributed by atoms with Gasteiger partial charge < -0.3 is 15.4 Å². The average Bonchev–Trinajstić information content (AvgIpc) is 2.33. The number of ether oxygens (including phenoxy) is 1. The molecule has 4 heteroatoms. The Balaban J connectivity index is 4.73. The van der Waals surface area contributed by atoms with Crippen LogP contribution in [0.25, 0.3) is 0 Å². The highest BCUT2D eigenvalue weighted by atomic mass is 16.6. The van der Waals surface area contributed by atoms with Crippen molar-refractivity contribution >= 4 is 6.09 Å². The van der Waals surface area contributed by atoms with E-state index in [1.54, 1.807) is 4.90 Å². The van der Waals surface area contributed by atoms with Gasteiger partial charge in [0, 0.05) is 13.1 Å². The van der Waals surface area contributed by atoms with E-state index in [-0.39, 0.29) is 11.6 Å². The molecule has 0 saturated heterocycles. The molecule has 0 atom stereocenters. The quantitative estimate of drug-likeness (QED) is 0.749. The first-order chi connectivity index (χ1) is 7.97. The fraction of sp³-hybridized carbons (Fsp3) is 0.923. The molecule has 1 amide bonds. The van der Waals surface area contributed by atoms with Crippen LogP contribution in [0, 0.1) is 5.92 Å². The van der Waals surface area contributed by atoms with Crippen molar-refractivity contribution in [1.82, 2.24) is 4.90 Å². The third kappa shape index (κ3) is 4.19. The highest BCUT2D eigenvalue weighted by Crippen LogP contribution is 2.23. The minimum atomic E-state index is -0.261. The van der Waals surface area contributed by atoms with Crippen LogP contribution < -0.4 is 5.73 Å². The maximum Gasteiger partial charge on any atom is 0.410 e. The van der Waals surface area contributed by atoms with Gasteiger partial charge in [-0.15, -0.1) is 0 Å². The SMILES string of the molecule is CCN(C(=O)OCC(C)C)C(CC)(CC)CN. The Morgan fingerprint density at radius 2 is 1.82 bits per heavy atom. The number of carbonyl (C=O) groups is 1. The van der Waals surface area contributed by atoms with E-state index in [0.29, 0.717) is 25.6 Å². The highest BCUT2D eigenvalue weighted by Gasteiger charge is 2.35. The summed E-state index contributed by atoms with van der Waals surface area (Å²) in [6.07, 6.45) is 1.46. The molecule has 0 spiro atoms. The molecule has 102 valence electrons. The molecule has 0 aliphatic heterocycles. The molecular formula is C13H28N2O2. The second-order valence-electron chi connectivity index (χ2n) is 4.85. The van der Waals surface area contributed by atoms with Crippen molar-refractivity contribution in [3.8, 4) is 0 Å². The molecule has 0 bridgehead atoms. The second-order valence-corrected chi connectivity index (χ2v) is 4.85. The average molecular weight is 244 g/mol. The number of hydrogen-bond donors (Lipinski definition) is 1. The number of amides is 1. The molecule has 0 unspecified atom stereocenters. The third-order valence-electron chi connectivity index (χ3n) is 3.35. The Labute approximate surface area is 105 Å². The predicted octanol–water partition coefficient (Wildman–Crippen LogP) is 2.62. The maximum absolute atomic E-state index is 12.1. The van der Waals surface area contributed by atoms with Crippen molar-refractivity contribution in [3.05, 3.63) is 0 Å². The fourth-order valence-electron chi connectivity index (χ4n) is 2.00. The van der Waals surface area contributed by atoms with Gasteiger partial charge in [-0.1, -0.05) is 27.7 Å². The Morgan fingerprint density at radius 1 is 1.29 bits per heavy atom. The summed E-state index contributed by atoms with van der Waals surface area (Å²) in [6.45, 7) is 11.7. The maximum atomic E-state index is 12.1. The lowest BCUT2D eigenvalue weighted by molar-refractivity contribution is 0.0442. The smallest absolute Gasteiger partial charge is 0.410 e. The van der Waals surface area contributed by atoms with E-state index in [0.717, 1.165) is 12.8 Å². The molecule has 4 nitrogen and oxygen atoms in total. The zero-order valence-electron chi connectivity index (χ0n) is 12.0. The van der Waals surface area contributed by atoms with Crippen molar-refractivity contribution in [1.29, 1.82) is 0 Å². The number of nitrogens with two attached hydrogens (primary N) is 1. The van der Waals surface area contributed by atoms with Crippen LogP contribution in [-0.4, -0.2) is 36.2 Å². The Bertz CT molecular complexity index is 217. The highest BCUT2D eigenvalue weighted by molar-refractivity contribution is 5.68. The molecule has 0 aliphatic rings. The van der Waals surface area contributed by atoms with Gasteiger partial charge in [0.15, 0.2) is 0 Å². The second kappa shape index (κ2) is 7.54. The lowest BCUT2D eigenvalue weighted by Crippen LogP contribution is -2.55. The van der Waals surface area contributed by atoms with Crippen molar-refractivity contribution in [2.24, 2.45) is 11.7 Å². The van der Waals surface area contributed by atoms with Crippen LogP contribution >= 0.6 is 0 Å². The summed E-state index contributed by atoms with van der Waals surface area (Å²) in [5.41, 5.74) is 5.59. The fourth-order valence-corrected chi connectivity index (χ4v) is 2.00. The molecule has 0 radical (unpaired) electrons. The Morgan fingerprint density at radius 3 is 2.12 bits per heavy atom. The van der Waals surface area contributed by atoms with Gasteiger partial charge in [0.2, 0.25) is 0 Å². The van der Waals surface area contributed by atoms with E-state index in [1.165, 1.54) is 0 Å². The van der Waals surface area contributed by atoms with Gasteiger partial charge in [-0.25, -0.2) is 4.79 Å². The van der Waals surface area contributed by atoms with Gasteiger partial charge in [0.1, 0.15) is 0 Å². The molecule has 2 N–H and O–H groups in total. The molecule has 0 heterocycles. The van der Waals surface area contributed by atoms with Crippen molar-refractivity contribution in [2.45, 2.75) is 53.0 Å². The molecule has 0 aromatic rings. The third-order valence-corrected chi connectivity index (χ3v) is 3.35. The summed E-state index contributed by atoms with van der Waals surface area (Å²) in [7, 11) is 0. The summed E-state index contributed by atoms with van der Waals surface area (Å²) in [4.78, 5) is 13.8. The number of likely N-dealkylation sites (N-methyl/N-ethyl adjacent to an activating group) is 1. The molecule has 0 fully saturated rings. The van der Waals surface area contributed by atoms with E-state index in [2.05, 4.69) is 13.8 Å². The normalized spacial score (nSPS) is 11.7. The topological polar surface area (TPSA) is 55.6 Å². The van der Waals surface area contributed by atoms with Gasteiger partial charge in [0.05, 0.1) is 12.1 Å². The van der Waals surface area contributed by atoms with Crippen LogP contribution in [0.2, 0.25) is 0 Å². The van der Waals surface area contributed by atoms with Crippen molar-refractivity contribution < 1.29 is 9.53 Å². The molecule has 0 aliphatic carbocycles. The Hall–Kier alpha value is -0.770. The molecule has 17 heavy (non-hydrogen) atoms. The standard InChI is InChI=1S/C13H28N2O2/c1-6-13(7-2,10-14)15(8-3)12(16)17-9-11(4)5/h11H,6-10,14H2,1-5H3. The predicted molar refractivity (Wildman–Crippen MR) is 70.9 cm³/mol. The lowest BCUT2D eigenvalue weighted by atomic mass is 9.91. The van der Waals surface area contributed by atoms with Crippen LogP contribution in [0.4, 0.5) is 4.79 Å². The van der Waals surface area contributed by atoms with Crippen LogP contribution in [0.1, 0.15) is 47.5 Å². The van der Waals surface area contributed by atoms with Gasteiger partial charge in [-0.2, -0.15) is 0 Å². The van der Waals surface area contributed by atoms with Crippen molar-refractivity contribution in [3.63, 3.8) is 0 Å². The first-order valence-electron chi connectivity index (χ1n) is 6.61. The zero-order valence-corrected chi connectivity index (χ0v) is 12.0. The van der Waals surface area contributed by atoms with Crippen LogP contribution in [-0.2, 0) is 4.74 Å². The molecule has 0 aromatic heterocycles. The van der Waals surface area contributed by atoms with E-state index in [4.69, 9.17) is 10.5 Å². The summed E-state index contributed by atoms with van der Waals surface area (Å²) in [5, 5.41) is 0. The Kier molecular flexibility index (Phi) is 7.19. The minimum Gasteiger partial charge on any atom is -0.449 e. The number of rotatable bonds is 7. The number of hydrogen-bond acceptors (Lipinski definition) is 3. The molecule has 0 rings (SSSR count). The summed E-state index contributed by atoms with van der Waals surface area (Å²) in [5.74, 6) is 0.355. The summed E-state index contributed by atoms with van der Waals surface area (Å²) in [6, 6.07) is 0. The molecule has 0 saturated carbocycles. The van der Waals surface area contributed by atoms with Crippen LogP contribution in [0.5, 0.6) is 0 Å². The lowest BCUT2D eigenvalue weighted by Gasteiger charge is -2.41. The zero-order chi connectivity index (χ0) is 13.5. The summed E-state index contributed by atoms with van der Waals surface area (Å²) < 4.78 is 5.30. The van der Waals surface area contributed by atoms with E-state index < -0.39 is 0 Å². The van der Waals surface area contributed by atoms with Gasteiger partial charge in [0.25, 0.3) is 0 Å². The van der Waals surface area contributed by atoms with E-state index in [1.807, 2.05) is 20.8 Å². The first kappa shape index (κ1) is 16.2. The number of carbonyl (C=O) groups excluding carboxylic acids is 1. The number of nitrogens with zero attached hydrogens (tertiary/aromatic N) is 1. The van der Waals surface area contributed by atoms with E-state index >= 15 is 0 Å². The minimum absolute atomic E-state index is 0.240. The largest absolute Gasteiger partial charge is 0.449 e. The molecular weight excluding hydrogens is 216 g/mol.